The molecule has 57 valence electrons. The maximum absolute atomic E-state index is 4.39. The highest BCUT2D eigenvalue weighted by atomic mass is 79.9. The number of rotatable bonds is 0. The van der Waals surface area contributed by atoms with Crippen molar-refractivity contribution in [2.75, 3.05) is 6.54 Å². The number of hydrogen-bond acceptors (Lipinski definition) is 0. The molecule has 2 heteroatoms. The van der Waals surface area contributed by atoms with Gasteiger partial charge in [-0.1, -0.05) is 40.2 Å². The summed E-state index contributed by atoms with van der Waals surface area (Å²) >= 11 is 3.52. The van der Waals surface area contributed by atoms with E-state index in [0.29, 0.717) is 0 Å². The molecule has 1 nitrogen and oxygen atoms in total. The van der Waals surface area contributed by atoms with Gasteiger partial charge in [0.15, 0.2) is 0 Å². The van der Waals surface area contributed by atoms with Gasteiger partial charge in [0, 0.05) is 6.54 Å². The average Bonchev–Trinajstić information content (AvgIpc) is 2.06. The van der Waals surface area contributed by atoms with Crippen LogP contribution in [0.1, 0.15) is 16.1 Å². The van der Waals surface area contributed by atoms with Crippen LogP contribution in [0.5, 0.6) is 0 Å². The highest BCUT2D eigenvalue weighted by Crippen LogP contribution is 2.27. The Morgan fingerprint density at radius 1 is 1.36 bits per heavy atom. The molecule has 0 aromatic heterocycles. The van der Waals surface area contributed by atoms with Crippen LogP contribution in [0, 0.1) is 0 Å². The summed E-state index contributed by atoms with van der Waals surface area (Å²) in [5, 5.41) is 4.39. The second-order valence-corrected chi connectivity index (χ2v) is 3.56. The number of nitrogens with zero attached hydrogens (tertiary/aromatic N) is 1. The molecule has 0 saturated heterocycles. The molecule has 1 aliphatic heterocycles. The Morgan fingerprint density at radius 2 is 2.18 bits per heavy atom. The van der Waals surface area contributed by atoms with Gasteiger partial charge >= 0.3 is 0 Å². The lowest BCUT2D eigenvalue weighted by Gasteiger charge is -2.20. The summed E-state index contributed by atoms with van der Waals surface area (Å²) < 4.78 is 0. The van der Waals surface area contributed by atoms with Crippen LogP contribution in [-0.2, 0) is 6.42 Å². The monoisotopic (exact) mass is 210 g/mol. The summed E-state index contributed by atoms with van der Waals surface area (Å²) in [6.07, 6.45) is 1.10. The quantitative estimate of drug-likeness (QED) is 0.461. The van der Waals surface area contributed by atoms with E-state index in [-0.39, 0.29) is 4.95 Å². The Balaban J connectivity index is 2.44. The lowest BCUT2D eigenvalue weighted by Crippen LogP contribution is -2.19. The van der Waals surface area contributed by atoms with Gasteiger partial charge in [0.05, 0.1) is 0 Å². The predicted molar refractivity (Wildman–Crippen MR) is 48.8 cm³/mol. The molecule has 1 aliphatic rings. The van der Waals surface area contributed by atoms with Gasteiger partial charge in [-0.3, -0.25) is 0 Å². The van der Waals surface area contributed by atoms with E-state index in [1.54, 1.807) is 0 Å². The molecule has 1 aromatic carbocycles. The fraction of sp³-hybridized carbons (Fsp3) is 0.333. The molecule has 1 unspecified atom stereocenters. The second-order valence-electron chi connectivity index (χ2n) is 2.69. The fourth-order valence-electron chi connectivity index (χ4n) is 1.39. The van der Waals surface area contributed by atoms with Gasteiger partial charge in [-0.15, -0.1) is 0 Å². The van der Waals surface area contributed by atoms with Crippen LogP contribution in [0.4, 0.5) is 0 Å². The van der Waals surface area contributed by atoms with Crippen LogP contribution in [0.15, 0.2) is 24.3 Å². The Hall–Kier alpha value is -0.340. The minimum atomic E-state index is 0.229. The second kappa shape index (κ2) is 2.95. The van der Waals surface area contributed by atoms with E-state index in [2.05, 4.69) is 45.5 Å². The van der Waals surface area contributed by atoms with Crippen molar-refractivity contribution < 1.29 is 0 Å². The van der Waals surface area contributed by atoms with Crippen LogP contribution in [0.2, 0.25) is 0 Å². The molecule has 11 heavy (non-hydrogen) atoms. The first-order chi connectivity index (χ1) is 5.38. The number of benzene rings is 1. The van der Waals surface area contributed by atoms with E-state index >= 15 is 0 Å². The number of hydrogen-bond donors (Lipinski definition) is 0. The molecular weight excluding hydrogens is 202 g/mol. The van der Waals surface area contributed by atoms with Crippen molar-refractivity contribution in [3.05, 3.63) is 35.4 Å². The lowest BCUT2D eigenvalue weighted by atomic mass is 10.0. The van der Waals surface area contributed by atoms with Crippen molar-refractivity contribution in [3.63, 3.8) is 0 Å². The number of halogens is 1. The normalized spacial score (nSPS) is 22.8. The van der Waals surface area contributed by atoms with Gasteiger partial charge in [0.1, 0.15) is 4.95 Å². The summed E-state index contributed by atoms with van der Waals surface area (Å²) in [6, 6.07) is 8.47. The van der Waals surface area contributed by atoms with Gasteiger partial charge in [0.25, 0.3) is 0 Å². The molecular formula is C9H9BrN. The molecule has 0 fully saturated rings. The zero-order valence-corrected chi connectivity index (χ0v) is 7.71. The Bertz CT molecular complexity index is 259. The van der Waals surface area contributed by atoms with Crippen molar-refractivity contribution in [2.45, 2.75) is 11.4 Å². The van der Waals surface area contributed by atoms with Crippen molar-refractivity contribution in [1.29, 1.82) is 0 Å². The first-order valence-corrected chi connectivity index (χ1v) is 4.68. The first-order valence-electron chi connectivity index (χ1n) is 3.76. The highest BCUT2D eigenvalue weighted by Gasteiger charge is 2.16. The van der Waals surface area contributed by atoms with E-state index in [9.17, 15) is 0 Å². The van der Waals surface area contributed by atoms with E-state index in [4.69, 9.17) is 0 Å². The van der Waals surface area contributed by atoms with Crippen molar-refractivity contribution >= 4 is 15.9 Å². The Morgan fingerprint density at radius 3 is 3.00 bits per heavy atom. The largest absolute Gasteiger partial charge is 0.222 e. The molecule has 0 aliphatic carbocycles. The summed E-state index contributed by atoms with van der Waals surface area (Å²) in [5.74, 6) is 0. The van der Waals surface area contributed by atoms with E-state index < -0.39 is 0 Å². The van der Waals surface area contributed by atoms with Gasteiger partial charge in [-0.05, 0) is 17.5 Å². The standard InChI is InChI=1S/C9H9BrN/c10-9-8-4-2-1-3-7(8)5-6-11-9/h1-4,9H,5-6H2. The average molecular weight is 211 g/mol. The molecule has 0 N–H and O–H groups in total. The SMILES string of the molecule is BrC1[N]CCc2ccccc21. The highest BCUT2D eigenvalue weighted by molar-refractivity contribution is 9.09. The van der Waals surface area contributed by atoms with E-state index in [0.717, 1.165) is 13.0 Å². The molecule has 0 spiro atoms. The van der Waals surface area contributed by atoms with Crippen LogP contribution in [0.3, 0.4) is 0 Å². The van der Waals surface area contributed by atoms with E-state index in [1.807, 2.05) is 0 Å². The van der Waals surface area contributed by atoms with E-state index in [1.165, 1.54) is 11.1 Å². The van der Waals surface area contributed by atoms with Crippen LogP contribution < -0.4 is 5.32 Å². The molecule has 0 saturated carbocycles. The molecule has 1 aromatic rings. The predicted octanol–water partition coefficient (Wildman–Crippen LogP) is 2.24. The van der Waals surface area contributed by atoms with Crippen LogP contribution in [0.25, 0.3) is 0 Å². The third-order valence-corrected chi connectivity index (χ3v) is 2.77. The van der Waals surface area contributed by atoms with Crippen LogP contribution >= 0.6 is 15.9 Å². The minimum absolute atomic E-state index is 0.229. The third kappa shape index (κ3) is 1.33. The van der Waals surface area contributed by atoms with Crippen molar-refractivity contribution in [1.82, 2.24) is 5.32 Å². The minimum Gasteiger partial charge on any atom is -0.222 e. The number of alkyl halides is 1. The summed E-state index contributed by atoms with van der Waals surface area (Å²) in [6.45, 7) is 0.951. The number of fused-ring (bicyclic) bond motifs is 1. The van der Waals surface area contributed by atoms with Crippen molar-refractivity contribution in [2.24, 2.45) is 0 Å². The Kier molecular flexibility index (Phi) is 1.96. The molecule has 2 rings (SSSR count). The topological polar surface area (TPSA) is 14.1 Å². The summed E-state index contributed by atoms with van der Waals surface area (Å²) in [5.41, 5.74) is 2.77. The zero-order chi connectivity index (χ0) is 7.68. The molecule has 1 radical (unpaired) electrons. The maximum Gasteiger partial charge on any atom is 0.105 e. The Labute approximate surface area is 74.9 Å². The molecule has 0 amide bonds. The zero-order valence-electron chi connectivity index (χ0n) is 6.13. The van der Waals surface area contributed by atoms with Gasteiger partial charge in [0.2, 0.25) is 0 Å². The smallest absolute Gasteiger partial charge is 0.105 e. The molecule has 1 atom stereocenters. The van der Waals surface area contributed by atoms with Gasteiger partial charge in [-0.25, -0.2) is 5.32 Å². The molecule has 0 bridgehead atoms. The first kappa shape index (κ1) is 7.32. The summed E-state index contributed by atoms with van der Waals surface area (Å²) in [4.78, 5) is 0.229. The maximum atomic E-state index is 4.39. The lowest BCUT2D eigenvalue weighted by molar-refractivity contribution is 0.625. The van der Waals surface area contributed by atoms with Gasteiger partial charge < -0.3 is 0 Å². The third-order valence-electron chi connectivity index (χ3n) is 1.98. The van der Waals surface area contributed by atoms with Crippen LogP contribution in [-0.4, -0.2) is 6.54 Å². The fourth-order valence-corrected chi connectivity index (χ4v) is 2.04. The molecule has 1 heterocycles. The van der Waals surface area contributed by atoms with Crippen molar-refractivity contribution in [3.8, 4) is 0 Å². The van der Waals surface area contributed by atoms with Gasteiger partial charge in [-0.2, -0.15) is 0 Å². The summed E-state index contributed by atoms with van der Waals surface area (Å²) in [7, 11) is 0.